The van der Waals surface area contributed by atoms with Crippen molar-refractivity contribution in [3.05, 3.63) is 29.6 Å². The molecule has 1 aromatic rings. The lowest BCUT2D eigenvalue weighted by molar-refractivity contribution is 0.107. The Bertz CT molecular complexity index is 468. The fraction of sp³-hybridized carbons (Fsp3) is 0.688. The molecule has 1 N–H and O–H groups in total. The maximum Gasteiger partial charge on any atom is 0.192 e. The lowest BCUT2D eigenvalue weighted by Gasteiger charge is -2.41. The van der Waals surface area contributed by atoms with Gasteiger partial charge in [0, 0.05) is 12.8 Å². The van der Waals surface area contributed by atoms with Crippen molar-refractivity contribution in [3.8, 4) is 0 Å². The molecule has 0 spiro atoms. The second kappa shape index (κ2) is 5.58. The third kappa shape index (κ3) is 3.13. The summed E-state index contributed by atoms with van der Waals surface area (Å²) in [6, 6.07) is 4.09. The van der Waals surface area contributed by atoms with Gasteiger partial charge in [-0.2, -0.15) is 0 Å². The molecule has 2 atom stereocenters. The molecule has 20 heavy (non-hydrogen) atoms. The summed E-state index contributed by atoms with van der Waals surface area (Å²) in [5.74, 6) is 0.293. The van der Waals surface area contributed by atoms with Crippen molar-refractivity contribution >= 4 is 8.32 Å². The Hall–Kier alpha value is -0.713. The lowest BCUT2D eigenvalue weighted by atomic mass is 9.85. The summed E-state index contributed by atoms with van der Waals surface area (Å²) in [5, 5.41) is 9.72. The summed E-state index contributed by atoms with van der Waals surface area (Å²) in [5.41, 5.74) is 2.32. The Morgan fingerprint density at radius 2 is 2.10 bits per heavy atom. The lowest BCUT2D eigenvalue weighted by Crippen LogP contribution is -2.43. The average Bonchev–Trinajstić information content (AvgIpc) is 2.36. The maximum atomic E-state index is 9.53. The Labute approximate surface area is 123 Å². The van der Waals surface area contributed by atoms with Gasteiger partial charge in [0.25, 0.3) is 0 Å². The van der Waals surface area contributed by atoms with Crippen molar-refractivity contribution in [1.29, 1.82) is 0 Å². The SMILES string of the molecule is CC(C)(C)[Si](C)(C)O[C@@H]1C[C@H](CO)Cc2cccnc21. The monoisotopic (exact) mass is 293 g/mol. The van der Waals surface area contributed by atoms with Crippen molar-refractivity contribution in [2.75, 3.05) is 6.61 Å². The van der Waals surface area contributed by atoms with Crippen LogP contribution in [0.1, 0.15) is 44.6 Å². The Morgan fingerprint density at radius 3 is 2.70 bits per heavy atom. The highest BCUT2D eigenvalue weighted by Gasteiger charge is 2.41. The molecule has 112 valence electrons. The second-order valence-electron chi connectivity index (χ2n) is 7.40. The van der Waals surface area contributed by atoms with E-state index in [1.165, 1.54) is 5.56 Å². The number of pyridine rings is 1. The van der Waals surface area contributed by atoms with E-state index in [1.807, 2.05) is 12.3 Å². The Morgan fingerprint density at radius 1 is 1.40 bits per heavy atom. The van der Waals surface area contributed by atoms with E-state index < -0.39 is 8.32 Å². The highest BCUT2D eigenvalue weighted by atomic mass is 28.4. The quantitative estimate of drug-likeness (QED) is 0.864. The van der Waals surface area contributed by atoms with Crippen LogP contribution in [0.15, 0.2) is 18.3 Å². The van der Waals surface area contributed by atoms with E-state index in [0.717, 1.165) is 18.5 Å². The van der Waals surface area contributed by atoms with Crippen molar-refractivity contribution in [2.45, 2.75) is 57.8 Å². The molecule has 0 amide bonds. The summed E-state index contributed by atoms with van der Waals surface area (Å²) < 4.78 is 6.57. The topological polar surface area (TPSA) is 42.4 Å². The zero-order valence-corrected chi connectivity index (χ0v) is 14.3. The molecule has 2 rings (SSSR count). The van der Waals surface area contributed by atoms with Gasteiger partial charge < -0.3 is 9.53 Å². The zero-order chi connectivity index (χ0) is 15.0. The van der Waals surface area contributed by atoms with Crippen LogP contribution in [0.3, 0.4) is 0 Å². The molecule has 1 aliphatic rings. The molecule has 1 aromatic heterocycles. The Balaban J connectivity index is 2.27. The molecule has 0 radical (unpaired) electrons. The van der Waals surface area contributed by atoms with E-state index in [-0.39, 0.29) is 17.7 Å². The minimum atomic E-state index is -1.82. The average molecular weight is 293 g/mol. The minimum Gasteiger partial charge on any atom is -0.408 e. The van der Waals surface area contributed by atoms with Crippen molar-refractivity contribution < 1.29 is 9.53 Å². The molecule has 0 aliphatic heterocycles. The van der Waals surface area contributed by atoms with E-state index in [9.17, 15) is 5.11 Å². The zero-order valence-electron chi connectivity index (χ0n) is 13.3. The van der Waals surface area contributed by atoms with Gasteiger partial charge in [0.2, 0.25) is 0 Å². The molecule has 3 nitrogen and oxygen atoms in total. The van der Waals surface area contributed by atoms with Gasteiger partial charge in [-0.1, -0.05) is 26.8 Å². The first-order valence-electron chi connectivity index (χ1n) is 7.47. The molecular weight excluding hydrogens is 266 g/mol. The number of rotatable bonds is 3. The molecule has 0 aromatic carbocycles. The van der Waals surface area contributed by atoms with Crippen LogP contribution in [-0.2, 0) is 10.8 Å². The maximum absolute atomic E-state index is 9.53. The molecule has 0 bridgehead atoms. The molecular formula is C16H27NO2Si. The summed E-state index contributed by atoms with van der Waals surface area (Å²) in [7, 11) is -1.82. The van der Waals surface area contributed by atoms with Gasteiger partial charge in [0.05, 0.1) is 11.8 Å². The number of aliphatic hydroxyl groups is 1. The van der Waals surface area contributed by atoms with Gasteiger partial charge in [-0.25, -0.2) is 0 Å². The van der Waals surface area contributed by atoms with E-state index >= 15 is 0 Å². The summed E-state index contributed by atoms with van der Waals surface area (Å²) in [6.07, 6.45) is 3.68. The normalized spacial score (nSPS) is 23.5. The van der Waals surface area contributed by atoms with Crippen molar-refractivity contribution in [3.63, 3.8) is 0 Å². The van der Waals surface area contributed by atoms with Crippen molar-refractivity contribution in [2.24, 2.45) is 5.92 Å². The van der Waals surface area contributed by atoms with Crippen LogP contribution in [-0.4, -0.2) is 25.0 Å². The van der Waals surface area contributed by atoms with E-state index in [0.29, 0.717) is 5.92 Å². The fourth-order valence-electron chi connectivity index (χ4n) is 2.50. The van der Waals surface area contributed by atoms with Crippen LogP contribution in [0, 0.1) is 5.92 Å². The summed E-state index contributed by atoms with van der Waals surface area (Å²) in [6.45, 7) is 11.5. The molecule has 1 heterocycles. The molecule has 1 aliphatic carbocycles. The van der Waals surface area contributed by atoms with Gasteiger partial charge in [-0.05, 0) is 48.5 Å². The highest BCUT2D eigenvalue weighted by Crippen LogP contribution is 2.43. The van der Waals surface area contributed by atoms with Gasteiger partial charge in [-0.15, -0.1) is 0 Å². The van der Waals surface area contributed by atoms with Crippen LogP contribution in [0.2, 0.25) is 18.1 Å². The molecule has 0 saturated carbocycles. The number of aliphatic hydroxyl groups excluding tert-OH is 1. The van der Waals surface area contributed by atoms with Gasteiger partial charge >= 0.3 is 0 Å². The highest BCUT2D eigenvalue weighted by molar-refractivity contribution is 6.74. The molecule has 0 saturated heterocycles. The first-order valence-corrected chi connectivity index (χ1v) is 10.4. The third-order valence-corrected chi connectivity index (χ3v) is 9.27. The van der Waals surface area contributed by atoms with Gasteiger partial charge in [0.1, 0.15) is 0 Å². The van der Waals surface area contributed by atoms with Crippen LogP contribution < -0.4 is 0 Å². The number of hydrogen-bond acceptors (Lipinski definition) is 3. The number of hydrogen-bond donors (Lipinski definition) is 1. The van der Waals surface area contributed by atoms with Crippen LogP contribution >= 0.6 is 0 Å². The van der Waals surface area contributed by atoms with E-state index in [1.54, 1.807) is 0 Å². The predicted molar refractivity (Wildman–Crippen MR) is 84.2 cm³/mol. The predicted octanol–water partition coefficient (Wildman–Crippen LogP) is 3.70. The van der Waals surface area contributed by atoms with E-state index in [2.05, 4.69) is 44.9 Å². The fourth-order valence-corrected chi connectivity index (χ4v) is 3.77. The van der Waals surface area contributed by atoms with Crippen LogP contribution in [0.5, 0.6) is 0 Å². The number of fused-ring (bicyclic) bond motifs is 1. The number of aromatic nitrogens is 1. The molecule has 0 unspecified atom stereocenters. The van der Waals surface area contributed by atoms with Crippen LogP contribution in [0.4, 0.5) is 0 Å². The summed E-state index contributed by atoms with van der Waals surface area (Å²) >= 11 is 0. The van der Waals surface area contributed by atoms with E-state index in [4.69, 9.17) is 4.43 Å². The molecule has 4 heteroatoms. The molecule has 0 fully saturated rings. The standard InChI is InChI=1S/C16H27NO2Si/c1-16(2,3)20(4,5)19-14-10-12(11-18)9-13-7-6-8-17-15(13)14/h6-8,12,14,18H,9-11H2,1-5H3/t12-,14-/m1/s1. The Kier molecular flexibility index (Phi) is 4.37. The largest absolute Gasteiger partial charge is 0.408 e. The first-order chi connectivity index (χ1) is 9.24. The number of nitrogens with zero attached hydrogens (tertiary/aromatic N) is 1. The third-order valence-electron chi connectivity index (χ3n) is 4.79. The van der Waals surface area contributed by atoms with Crippen molar-refractivity contribution in [1.82, 2.24) is 4.98 Å². The van der Waals surface area contributed by atoms with Gasteiger partial charge in [-0.3, -0.25) is 4.98 Å². The first kappa shape index (κ1) is 15.7. The van der Waals surface area contributed by atoms with Crippen LogP contribution in [0.25, 0.3) is 0 Å². The minimum absolute atomic E-state index is 0.0398. The van der Waals surface area contributed by atoms with Gasteiger partial charge in [0.15, 0.2) is 8.32 Å². The second-order valence-corrected chi connectivity index (χ2v) is 12.2. The summed E-state index contributed by atoms with van der Waals surface area (Å²) in [4.78, 5) is 4.55. The smallest absolute Gasteiger partial charge is 0.192 e.